The highest BCUT2D eigenvalue weighted by molar-refractivity contribution is 5.99. The van der Waals surface area contributed by atoms with E-state index in [-0.39, 0.29) is 12.5 Å². The van der Waals surface area contributed by atoms with Crippen LogP contribution in [0.15, 0.2) is 42.6 Å². The Balaban J connectivity index is 1.94. The molecule has 1 aliphatic rings. The van der Waals surface area contributed by atoms with Crippen molar-refractivity contribution in [2.24, 2.45) is 0 Å². The minimum Gasteiger partial charge on any atom is -0.392 e. The van der Waals surface area contributed by atoms with E-state index in [1.807, 2.05) is 12.1 Å². The van der Waals surface area contributed by atoms with Gasteiger partial charge in [0.25, 0.3) is 5.91 Å². The fraction of sp³-hybridized carbons (Fsp3) is 0.333. The maximum Gasteiger partial charge on any atom is 0.255 e. The topological polar surface area (TPSA) is 65.5 Å². The van der Waals surface area contributed by atoms with Gasteiger partial charge in [0.05, 0.1) is 11.7 Å². The van der Waals surface area contributed by atoms with Gasteiger partial charge in [0, 0.05) is 25.0 Å². The van der Waals surface area contributed by atoms with E-state index >= 15 is 0 Å². The minimum atomic E-state index is -0.574. The summed E-state index contributed by atoms with van der Waals surface area (Å²) in [5.74, 6) is 0.458. The summed E-state index contributed by atoms with van der Waals surface area (Å²) in [5, 5.41) is 12.1. The Morgan fingerprint density at radius 1 is 1.35 bits per heavy atom. The molecular weight excluding hydrogens is 290 g/mol. The van der Waals surface area contributed by atoms with E-state index < -0.39 is 6.10 Å². The van der Waals surface area contributed by atoms with Gasteiger partial charge in [-0.05, 0) is 43.5 Å². The van der Waals surface area contributed by atoms with Crippen LogP contribution in [-0.2, 0) is 6.42 Å². The molecule has 2 aromatic rings. The van der Waals surface area contributed by atoms with E-state index in [0.717, 1.165) is 25.1 Å². The Labute approximate surface area is 136 Å². The lowest BCUT2D eigenvalue weighted by Gasteiger charge is -2.31. The molecule has 0 spiro atoms. The quantitative estimate of drug-likeness (QED) is 0.909. The van der Waals surface area contributed by atoms with Gasteiger partial charge in [0.1, 0.15) is 5.82 Å². The zero-order valence-corrected chi connectivity index (χ0v) is 13.2. The number of nitrogens with one attached hydrogen (secondary N) is 1. The number of carbonyl (C=O) groups is 1. The highest BCUT2D eigenvalue weighted by Crippen LogP contribution is 2.33. The average Bonchev–Trinajstić information content (AvgIpc) is 2.59. The van der Waals surface area contributed by atoms with Gasteiger partial charge >= 0.3 is 0 Å². The molecule has 0 radical (unpaired) electrons. The summed E-state index contributed by atoms with van der Waals surface area (Å²) in [6.07, 6.45) is 3.21. The third kappa shape index (κ3) is 3.35. The first-order valence-electron chi connectivity index (χ1n) is 7.93. The van der Waals surface area contributed by atoms with Crippen molar-refractivity contribution >= 4 is 17.4 Å². The third-order valence-electron chi connectivity index (χ3n) is 3.96. The van der Waals surface area contributed by atoms with Crippen molar-refractivity contribution in [3.8, 4) is 0 Å². The number of carbonyl (C=O) groups excluding carboxylic acids is 1. The lowest BCUT2D eigenvalue weighted by atomic mass is 10.0. The van der Waals surface area contributed by atoms with Crippen LogP contribution in [0.3, 0.4) is 0 Å². The van der Waals surface area contributed by atoms with Crippen LogP contribution in [0.2, 0.25) is 0 Å². The van der Waals surface area contributed by atoms with Crippen molar-refractivity contribution in [1.82, 2.24) is 10.3 Å². The second kappa shape index (κ2) is 6.79. The molecule has 23 heavy (non-hydrogen) atoms. The molecule has 1 amide bonds. The lowest BCUT2D eigenvalue weighted by Crippen LogP contribution is -2.33. The first-order valence-corrected chi connectivity index (χ1v) is 7.93. The molecule has 1 aromatic carbocycles. The monoisotopic (exact) mass is 311 g/mol. The zero-order valence-electron chi connectivity index (χ0n) is 13.2. The number of anilines is 2. The van der Waals surface area contributed by atoms with Crippen LogP contribution in [-0.4, -0.2) is 35.2 Å². The zero-order chi connectivity index (χ0) is 16.2. The van der Waals surface area contributed by atoms with Gasteiger partial charge in [-0.3, -0.25) is 4.79 Å². The van der Waals surface area contributed by atoms with E-state index in [1.165, 1.54) is 5.56 Å². The number of aliphatic hydroxyl groups excluding tert-OH is 1. The second-order valence-corrected chi connectivity index (χ2v) is 5.82. The standard InChI is InChI=1S/C18H21N3O2/c1-13(22)12-20-18(23)15-8-4-10-19-17(15)21-11-5-7-14-6-2-3-9-16(14)21/h2-4,6,8-10,13,22H,5,7,11-12H2,1H3,(H,20,23). The first-order chi connectivity index (χ1) is 11.2. The summed E-state index contributed by atoms with van der Waals surface area (Å²) in [6.45, 7) is 2.71. The van der Waals surface area contributed by atoms with E-state index in [2.05, 4.69) is 27.3 Å². The number of hydrogen-bond donors (Lipinski definition) is 2. The molecule has 1 unspecified atom stereocenters. The normalized spacial score (nSPS) is 15.0. The number of aryl methyl sites for hydroxylation is 1. The molecule has 1 atom stereocenters. The Kier molecular flexibility index (Phi) is 4.57. The van der Waals surface area contributed by atoms with Gasteiger partial charge in [-0.2, -0.15) is 0 Å². The van der Waals surface area contributed by atoms with Crippen LogP contribution in [0.1, 0.15) is 29.3 Å². The van der Waals surface area contributed by atoms with Crippen LogP contribution in [0.25, 0.3) is 0 Å². The molecule has 0 saturated carbocycles. The number of aliphatic hydroxyl groups is 1. The summed E-state index contributed by atoms with van der Waals surface area (Å²) in [6, 6.07) is 11.8. The van der Waals surface area contributed by atoms with E-state index in [4.69, 9.17) is 0 Å². The molecule has 0 bridgehead atoms. The summed E-state index contributed by atoms with van der Waals surface area (Å²) >= 11 is 0. The van der Waals surface area contributed by atoms with Crippen LogP contribution in [0.5, 0.6) is 0 Å². The number of nitrogens with zero attached hydrogens (tertiary/aromatic N) is 2. The molecule has 5 nitrogen and oxygen atoms in total. The van der Waals surface area contributed by atoms with Crippen molar-refractivity contribution < 1.29 is 9.90 Å². The summed E-state index contributed by atoms with van der Waals surface area (Å²) in [5.41, 5.74) is 2.92. The third-order valence-corrected chi connectivity index (χ3v) is 3.96. The molecule has 1 aliphatic heterocycles. The average molecular weight is 311 g/mol. The van der Waals surface area contributed by atoms with Crippen molar-refractivity contribution in [2.45, 2.75) is 25.9 Å². The Hall–Kier alpha value is -2.40. The van der Waals surface area contributed by atoms with E-state index in [0.29, 0.717) is 11.4 Å². The highest BCUT2D eigenvalue weighted by atomic mass is 16.3. The number of para-hydroxylation sites is 1. The summed E-state index contributed by atoms with van der Waals surface area (Å²) < 4.78 is 0. The van der Waals surface area contributed by atoms with Crippen molar-refractivity contribution in [2.75, 3.05) is 18.0 Å². The van der Waals surface area contributed by atoms with Gasteiger partial charge in [-0.25, -0.2) is 4.98 Å². The number of rotatable bonds is 4. The lowest BCUT2D eigenvalue weighted by molar-refractivity contribution is 0.0924. The van der Waals surface area contributed by atoms with Gasteiger partial charge in [0.15, 0.2) is 0 Å². The van der Waals surface area contributed by atoms with Crippen LogP contribution >= 0.6 is 0 Å². The second-order valence-electron chi connectivity index (χ2n) is 5.82. The highest BCUT2D eigenvalue weighted by Gasteiger charge is 2.23. The van der Waals surface area contributed by atoms with Gasteiger partial charge in [0.2, 0.25) is 0 Å². The van der Waals surface area contributed by atoms with Crippen molar-refractivity contribution in [3.05, 3.63) is 53.7 Å². The van der Waals surface area contributed by atoms with Gasteiger partial charge in [-0.1, -0.05) is 18.2 Å². The molecule has 3 rings (SSSR count). The molecule has 120 valence electrons. The number of benzene rings is 1. The van der Waals surface area contributed by atoms with E-state index in [1.54, 1.807) is 25.3 Å². The number of pyridine rings is 1. The van der Waals surface area contributed by atoms with Crippen molar-refractivity contribution in [3.63, 3.8) is 0 Å². The van der Waals surface area contributed by atoms with Gasteiger partial charge in [-0.15, -0.1) is 0 Å². The molecular formula is C18H21N3O2. The SMILES string of the molecule is CC(O)CNC(=O)c1cccnc1N1CCCc2ccccc21. The number of aromatic nitrogens is 1. The molecule has 0 fully saturated rings. The number of fused-ring (bicyclic) bond motifs is 1. The molecule has 2 N–H and O–H groups in total. The predicted molar refractivity (Wildman–Crippen MR) is 90.0 cm³/mol. The Morgan fingerprint density at radius 3 is 3.00 bits per heavy atom. The smallest absolute Gasteiger partial charge is 0.255 e. The molecule has 0 aliphatic carbocycles. The van der Waals surface area contributed by atoms with Gasteiger partial charge < -0.3 is 15.3 Å². The fourth-order valence-electron chi connectivity index (χ4n) is 2.88. The molecule has 0 saturated heterocycles. The summed E-state index contributed by atoms with van der Waals surface area (Å²) in [4.78, 5) is 19.0. The Bertz CT molecular complexity index is 700. The fourth-order valence-corrected chi connectivity index (χ4v) is 2.88. The van der Waals surface area contributed by atoms with Crippen LogP contribution < -0.4 is 10.2 Å². The number of hydrogen-bond acceptors (Lipinski definition) is 4. The van der Waals surface area contributed by atoms with Crippen LogP contribution in [0, 0.1) is 0 Å². The Morgan fingerprint density at radius 2 is 2.17 bits per heavy atom. The maximum absolute atomic E-state index is 12.4. The first kappa shape index (κ1) is 15.5. The molecule has 5 heteroatoms. The van der Waals surface area contributed by atoms with Crippen molar-refractivity contribution in [1.29, 1.82) is 0 Å². The largest absolute Gasteiger partial charge is 0.392 e. The predicted octanol–water partition coefficient (Wildman–Crippen LogP) is 2.28. The minimum absolute atomic E-state index is 0.211. The number of amides is 1. The maximum atomic E-state index is 12.4. The summed E-state index contributed by atoms with van der Waals surface area (Å²) in [7, 11) is 0. The van der Waals surface area contributed by atoms with Crippen LogP contribution in [0.4, 0.5) is 11.5 Å². The molecule has 1 aromatic heterocycles. The molecule has 2 heterocycles. The van der Waals surface area contributed by atoms with E-state index in [9.17, 15) is 9.90 Å².